The molecule has 30 heavy (non-hydrogen) atoms. The lowest BCUT2D eigenvalue weighted by molar-refractivity contribution is 0.801. The van der Waals surface area contributed by atoms with Crippen LogP contribution in [0, 0.1) is 6.92 Å². The normalized spacial score (nSPS) is 11.2. The highest BCUT2D eigenvalue weighted by Crippen LogP contribution is 2.36. The molecular weight excluding hydrogens is 376 g/mol. The van der Waals surface area contributed by atoms with Crippen LogP contribution in [-0.2, 0) is 7.05 Å². The topological polar surface area (TPSA) is 93.4 Å². The predicted octanol–water partition coefficient (Wildman–Crippen LogP) is 4.07. The third-order valence-corrected chi connectivity index (χ3v) is 5.13. The molecule has 8 heteroatoms. The number of rotatable bonds is 4. The molecule has 0 aliphatic rings. The van der Waals surface area contributed by atoms with Crippen LogP contribution in [0.25, 0.3) is 32.9 Å². The molecule has 0 aliphatic heterocycles. The van der Waals surface area contributed by atoms with Crippen molar-refractivity contribution in [2.45, 2.75) is 6.92 Å². The molecule has 0 radical (unpaired) electrons. The van der Waals surface area contributed by atoms with Gasteiger partial charge in [-0.15, -0.1) is 0 Å². The van der Waals surface area contributed by atoms with Crippen LogP contribution in [0.5, 0.6) is 0 Å². The smallest absolute Gasteiger partial charge is 0.222 e. The van der Waals surface area contributed by atoms with Gasteiger partial charge in [0.1, 0.15) is 6.33 Å². The Morgan fingerprint density at radius 2 is 1.83 bits per heavy atom. The lowest BCUT2D eigenvalue weighted by atomic mass is 9.96. The van der Waals surface area contributed by atoms with Gasteiger partial charge in [0.25, 0.3) is 0 Å². The van der Waals surface area contributed by atoms with E-state index in [0.29, 0.717) is 5.95 Å². The van der Waals surface area contributed by atoms with E-state index in [4.69, 9.17) is 5.10 Å². The maximum Gasteiger partial charge on any atom is 0.222 e. The van der Waals surface area contributed by atoms with E-state index in [1.54, 1.807) is 12.4 Å². The molecule has 3 heterocycles. The van der Waals surface area contributed by atoms with Crippen molar-refractivity contribution >= 4 is 39.3 Å². The Kier molecular flexibility index (Phi) is 4.24. The molecule has 0 spiro atoms. The number of hydrogen-bond donors (Lipinski definition) is 2. The van der Waals surface area contributed by atoms with Gasteiger partial charge in [0.05, 0.1) is 29.1 Å². The largest absolute Gasteiger partial charge is 0.357 e. The first-order valence-corrected chi connectivity index (χ1v) is 9.57. The van der Waals surface area contributed by atoms with E-state index in [1.807, 2.05) is 31.0 Å². The van der Waals surface area contributed by atoms with Gasteiger partial charge in [-0.25, -0.2) is 19.9 Å². The third-order valence-electron chi connectivity index (χ3n) is 5.13. The molecule has 2 N–H and O–H groups in total. The van der Waals surface area contributed by atoms with Gasteiger partial charge in [-0.05, 0) is 36.2 Å². The Hall–Kier alpha value is -4.07. The zero-order valence-corrected chi connectivity index (χ0v) is 16.9. The first-order chi connectivity index (χ1) is 14.6. The van der Waals surface area contributed by atoms with Crippen LogP contribution in [0.3, 0.4) is 0 Å². The maximum absolute atomic E-state index is 4.71. The third kappa shape index (κ3) is 2.98. The molecule has 2 aromatic carbocycles. The summed E-state index contributed by atoms with van der Waals surface area (Å²) in [5, 5.41) is 13.0. The fraction of sp³-hybridized carbons (Fsp3) is 0.136. The number of benzene rings is 2. The van der Waals surface area contributed by atoms with Gasteiger partial charge < -0.3 is 10.6 Å². The van der Waals surface area contributed by atoms with Crippen LogP contribution in [0.1, 0.15) is 5.56 Å². The minimum absolute atomic E-state index is 0.612. The van der Waals surface area contributed by atoms with Crippen LogP contribution in [0.2, 0.25) is 0 Å². The number of nitrogens with one attached hydrogen (secondary N) is 2. The molecule has 3 aromatic heterocycles. The van der Waals surface area contributed by atoms with E-state index in [2.05, 4.69) is 61.8 Å². The number of aryl methyl sites for hydroxylation is 2. The van der Waals surface area contributed by atoms with Crippen molar-refractivity contribution in [3.8, 4) is 11.1 Å². The molecule has 0 saturated heterocycles. The van der Waals surface area contributed by atoms with Crippen LogP contribution in [0.15, 0.2) is 55.2 Å². The summed E-state index contributed by atoms with van der Waals surface area (Å²) < 4.78 is 1.91. The van der Waals surface area contributed by atoms with Gasteiger partial charge in [-0.1, -0.05) is 12.1 Å². The molecule has 5 rings (SSSR count). The van der Waals surface area contributed by atoms with Crippen LogP contribution >= 0.6 is 0 Å². The number of anilines is 3. The van der Waals surface area contributed by atoms with Gasteiger partial charge in [0, 0.05) is 36.6 Å². The van der Waals surface area contributed by atoms with Crippen molar-refractivity contribution in [3.63, 3.8) is 0 Å². The molecular formula is C22H20N8. The van der Waals surface area contributed by atoms with Crippen molar-refractivity contribution in [2.24, 2.45) is 7.05 Å². The zero-order valence-electron chi connectivity index (χ0n) is 16.9. The fourth-order valence-electron chi connectivity index (χ4n) is 3.74. The summed E-state index contributed by atoms with van der Waals surface area (Å²) in [5.74, 6) is 1.38. The van der Waals surface area contributed by atoms with Crippen LogP contribution in [0.4, 0.5) is 17.5 Å². The SMILES string of the molecule is CNc1ncc2cc(-c3c(C)ccc4c(Nc5cncnc5)nn(C)c34)ccc2n1. The van der Waals surface area contributed by atoms with Crippen molar-refractivity contribution < 1.29 is 0 Å². The number of nitrogens with zero attached hydrogens (tertiary/aromatic N) is 6. The van der Waals surface area contributed by atoms with Gasteiger partial charge >= 0.3 is 0 Å². The first-order valence-electron chi connectivity index (χ1n) is 9.57. The summed E-state index contributed by atoms with van der Waals surface area (Å²) >= 11 is 0. The highest BCUT2D eigenvalue weighted by molar-refractivity contribution is 6.03. The maximum atomic E-state index is 4.71. The molecule has 148 valence electrons. The van der Waals surface area contributed by atoms with Crippen LogP contribution in [-0.4, -0.2) is 36.8 Å². The summed E-state index contributed by atoms with van der Waals surface area (Å²) in [4.78, 5) is 17.0. The van der Waals surface area contributed by atoms with Crippen molar-refractivity contribution in [1.82, 2.24) is 29.7 Å². The molecule has 0 atom stereocenters. The summed E-state index contributed by atoms with van der Waals surface area (Å²) in [6.45, 7) is 2.12. The summed E-state index contributed by atoms with van der Waals surface area (Å²) in [6, 6.07) is 10.5. The predicted molar refractivity (Wildman–Crippen MR) is 119 cm³/mol. The average Bonchev–Trinajstić information content (AvgIpc) is 3.08. The van der Waals surface area contributed by atoms with Crippen molar-refractivity contribution in [3.05, 3.63) is 60.8 Å². The fourth-order valence-corrected chi connectivity index (χ4v) is 3.74. The number of aromatic nitrogens is 6. The number of hydrogen-bond acceptors (Lipinski definition) is 7. The van der Waals surface area contributed by atoms with E-state index >= 15 is 0 Å². The lowest BCUT2D eigenvalue weighted by Gasteiger charge is -2.11. The summed E-state index contributed by atoms with van der Waals surface area (Å²) in [6.07, 6.45) is 6.81. The van der Waals surface area contributed by atoms with Gasteiger partial charge in [0.15, 0.2) is 5.82 Å². The van der Waals surface area contributed by atoms with Crippen molar-refractivity contribution in [2.75, 3.05) is 17.7 Å². The van der Waals surface area contributed by atoms with Gasteiger partial charge in [0.2, 0.25) is 5.95 Å². The average molecular weight is 396 g/mol. The van der Waals surface area contributed by atoms with E-state index in [9.17, 15) is 0 Å². The molecule has 0 bridgehead atoms. The molecule has 0 unspecified atom stereocenters. The van der Waals surface area contributed by atoms with E-state index in [-0.39, 0.29) is 0 Å². The Balaban J connectivity index is 1.67. The highest BCUT2D eigenvalue weighted by Gasteiger charge is 2.16. The summed E-state index contributed by atoms with van der Waals surface area (Å²) in [5.41, 5.74) is 6.17. The summed E-state index contributed by atoms with van der Waals surface area (Å²) in [7, 11) is 3.77. The minimum Gasteiger partial charge on any atom is -0.357 e. The first kappa shape index (κ1) is 18.0. The van der Waals surface area contributed by atoms with Gasteiger partial charge in [-0.2, -0.15) is 5.10 Å². The van der Waals surface area contributed by atoms with E-state index in [0.717, 1.165) is 44.4 Å². The van der Waals surface area contributed by atoms with Gasteiger partial charge in [-0.3, -0.25) is 4.68 Å². The van der Waals surface area contributed by atoms with E-state index < -0.39 is 0 Å². The molecule has 0 amide bonds. The Bertz CT molecular complexity index is 1370. The van der Waals surface area contributed by atoms with Crippen molar-refractivity contribution in [1.29, 1.82) is 0 Å². The second kappa shape index (κ2) is 7.07. The second-order valence-corrected chi connectivity index (χ2v) is 7.10. The monoisotopic (exact) mass is 396 g/mol. The minimum atomic E-state index is 0.612. The Morgan fingerprint density at radius 3 is 2.63 bits per heavy atom. The second-order valence-electron chi connectivity index (χ2n) is 7.10. The van der Waals surface area contributed by atoms with E-state index in [1.165, 1.54) is 11.9 Å². The Labute approximate surface area is 173 Å². The van der Waals surface area contributed by atoms with Crippen LogP contribution < -0.4 is 10.6 Å². The molecule has 0 aliphatic carbocycles. The highest BCUT2D eigenvalue weighted by atomic mass is 15.3. The lowest BCUT2D eigenvalue weighted by Crippen LogP contribution is -1.97. The number of fused-ring (bicyclic) bond motifs is 2. The molecule has 8 nitrogen and oxygen atoms in total. The standard InChI is InChI=1S/C22H20N8/c1-13-4-6-17-20(30(3)29-21(17)27-16-10-24-12-25-11-16)19(13)14-5-7-18-15(8-14)9-26-22(23-2)28-18/h4-12H,1-3H3,(H,27,29)(H,23,26,28). The molecule has 0 saturated carbocycles. The quantitative estimate of drug-likeness (QED) is 0.473. The zero-order chi connectivity index (χ0) is 20.7. The Morgan fingerprint density at radius 1 is 1.00 bits per heavy atom. The molecule has 0 fully saturated rings. The molecule has 5 aromatic rings.